The van der Waals surface area contributed by atoms with E-state index in [1.807, 2.05) is 6.20 Å². The molecule has 0 radical (unpaired) electrons. The van der Waals surface area contributed by atoms with Gasteiger partial charge in [-0.1, -0.05) is 19.8 Å². The number of hydrogen-bond donors (Lipinski definition) is 1. The van der Waals surface area contributed by atoms with Gasteiger partial charge in [-0.3, -0.25) is 4.98 Å². The van der Waals surface area contributed by atoms with E-state index in [1.165, 1.54) is 35.9 Å². The van der Waals surface area contributed by atoms with E-state index in [9.17, 15) is 0 Å². The first kappa shape index (κ1) is 13.1. The Balaban J connectivity index is 1.73. The number of hydrogen-bond acceptors (Lipinski definition) is 3. The Labute approximate surface area is 119 Å². The lowest BCUT2D eigenvalue weighted by atomic mass is 9.85. The van der Waals surface area contributed by atoms with E-state index >= 15 is 0 Å². The lowest BCUT2D eigenvalue weighted by Gasteiger charge is -2.32. The molecule has 0 spiro atoms. The molecule has 3 rings (SSSR count). The van der Waals surface area contributed by atoms with Gasteiger partial charge < -0.3 is 5.32 Å². The number of rotatable bonds is 3. The average molecular weight is 274 g/mol. The molecular formula is C16H22N2S. The minimum absolute atomic E-state index is 0.393. The number of pyridine rings is 1. The Morgan fingerprint density at radius 1 is 1.37 bits per heavy atom. The van der Waals surface area contributed by atoms with Crippen LogP contribution < -0.4 is 5.32 Å². The summed E-state index contributed by atoms with van der Waals surface area (Å²) in [6.45, 7) is 4.64. The molecule has 2 aromatic heterocycles. The van der Waals surface area contributed by atoms with E-state index in [0.717, 1.165) is 11.4 Å². The lowest BCUT2D eigenvalue weighted by Crippen LogP contribution is -2.38. The predicted octanol–water partition coefficient (Wildman–Crippen LogP) is 4.53. The van der Waals surface area contributed by atoms with E-state index in [4.69, 9.17) is 0 Å². The molecule has 3 atom stereocenters. The molecule has 102 valence electrons. The maximum Gasteiger partial charge on any atom is 0.0809 e. The summed E-state index contributed by atoms with van der Waals surface area (Å²) in [5.74, 6) is 0.801. The van der Waals surface area contributed by atoms with Crippen LogP contribution in [0.5, 0.6) is 0 Å². The molecule has 0 amide bonds. The zero-order chi connectivity index (χ0) is 13.2. The Bertz CT molecular complexity index is 548. The highest BCUT2D eigenvalue weighted by Gasteiger charge is 2.22. The fourth-order valence-electron chi connectivity index (χ4n) is 3.08. The van der Waals surface area contributed by atoms with Crippen molar-refractivity contribution in [3.8, 4) is 0 Å². The summed E-state index contributed by atoms with van der Waals surface area (Å²) in [5.41, 5.74) is 2.43. The number of nitrogens with one attached hydrogen (secondary N) is 1. The van der Waals surface area contributed by atoms with Crippen molar-refractivity contribution >= 4 is 21.6 Å². The van der Waals surface area contributed by atoms with Gasteiger partial charge in [-0.2, -0.15) is 0 Å². The van der Waals surface area contributed by atoms with Crippen molar-refractivity contribution in [1.82, 2.24) is 10.3 Å². The fourth-order valence-corrected chi connectivity index (χ4v) is 3.87. The minimum Gasteiger partial charge on any atom is -0.307 e. The van der Waals surface area contributed by atoms with Crippen LogP contribution in [0, 0.1) is 5.92 Å². The van der Waals surface area contributed by atoms with E-state index in [1.54, 1.807) is 11.3 Å². The lowest BCUT2D eigenvalue weighted by molar-refractivity contribution is 0.263. The highest BCUT2D eigenvalue weighted by molar-refractivity contribution is 7.17. The third-order valence-electron chi connectivity index (χ3n) is 4.40. The quantitative estimate of drug-likeness (QED) is 0.889. The molecule has 0 aliphatic heterocycles. The van der Waals surface area contributed by atoms with E-state index in [2.05, 4.69) is 41.7 Å². The molecule has 3 heteroatoms. The van der Waals surface area contributed by atoms with Crippen molar-refractivity contribution in [2.45, 2.75) is 51.6 Å². The summed E-state index contributed by atoms with van der Waals surface area (Å²) < 4.78 is 1.29. The second-order valence-electron chi connectivity index (χ2n) is 5.83. The SMILES string of the molecule is CC(NC1CCCCC1C)c1cnc2ccsc2c1. The average Bonchev–Trinajstić information content (AvgIpc) is 2.88. The molecule has 0 aromatic carbocycles. The second kappa shape index (κ2) is 5.59. The fraction of sp³-hybridized carbons (Fsp3) is 0.562. The van der Waals surface area contributed by atoms with Gasteiger partial charge in [0.15, 0.2) is 0 Å². The standard InChI is InChI=1S/C16H22N2S/c1-11-5-3-4-6-14(11)18-12(2)13-9-16-15(17-10-13)7-8-19-16/h7-12,14,18H,3-6H2,1-2H3. The Morgan fingerprint density at radius 2 is 2.21 bits per heavy atom. The molecule has 2 aromatic rings. The highest BCUT2D eigenvalue weighted by Crippen LogP contribution is 2.27. The number of thiophene rings is 1. The molecule has 1 saturated carbocycles. The van der Waals surface area contributed by atoms with Crippen LogP contribution in [0.15, 0.2) is 23.7 Å². The first-order valence-corrected chi connectivity index (χ1v) is 8.21. The zero-order valence-corrected chi connectivity index (χ0v) is 12.5. The van der Waals surface area contributed by atoms with Gasteiger partial charge >= 0.3 is 0 Å². The van der Waals surface area contributed by atoms with Crippen LogP contribution in [-0.2, 0) is 0 Å². The molecule has 19 heavy (non-hydrogen) atoms. The molecule has 3 unspecified atom stereocenters. The van der Waals surface area contributed by atoms with Crippen molar-refractivity contribution in [2.24, 2.45) is 5.92 Å². The van der Waals surface area contributed by atoms with Gasteiger partial charge in [-0.25, -0.2) is 0 Å². The zero-order valence-electron chi connectivity index (χ0n) is 11.7. The van der Waals surface area contributed by atoms with Gasteiger partial charge in [0.25, 0.3) is 0 Å². The normalized spacial score (nSPS) is 25.6. The van der Waals surface area contributed by atoms with E-state index < -0.39 is 0 Å². The number of aromatic nitrogens is 1. The number of fused-ring (bicyclic) bond motifs is 1. The van der Waals surface area contributed by atoms with Crippen LogP contribution in [0.4, 0.5) is 0 Å². The molecule has 2 nitrogen and oxygen atoms in total. The molecule has 1 N–H and O–H groups in total. The van der Waals surface area contributed by atoms with Crippen molar-refractivity contribution < 1.29 is 0 Å². The van der Waals surface area contributed by atoms with Crippen LogP contribution in [-0.4, -0.2) is 11.0 Å². The molecule has 1 aliphatic rings. The minimum atomic E-state index is 0.393. The second-order valence-corrected chi connectivity index (χ2v) is 6.78. The van der Waals surface area contributed by atoms with Crippen molar-refractivity contribution in [3.63, 3.8) is 0 Å². The third-order valence-corrected chi connectivity index (χ3v) is 5.25. The topological polar surface area (TPSA) is 24.9 Å². The number of nitrogens with zero attached hydrogens (tertiary/aromatic N) is 1. The van der Waals surface area contributed by atoms with Gasteiger partial charge in [0.2, 0.25) is 0 Å². The summed E-state index contributed by atoms with van der Waals surface area (Å²) in [4.78, 5) is 4.54. The Morgan fingerprint density at radius 3 is 3.05 bits per heavy atom. The van der Waals surface area contributed by atoms with Gasteiger partial charge in [0, 0.05) is 18.3 Å². The third kappa shape index (κ3) is 2.82. The summed E-state index contributed by atoms with van der Waals surface area (Å²) in [6, 6.07) is 5.44. The summed E-state index contributed by atoms with van der Waals surface area (Å²) in [5, 5.41) is 5.92. The van der Waals surface area contributed by atoms with Gasteiger partial charge in [-0.15, -0.1) is 11.3 Å². The summed E-state index contributed by atoms with van der Waals surface area (Å²) in [6.07, 6.45) is 7.49. The maximum absolute atomic E-state index is 4.54. The molecular weight excluding hydrogens is 252 g/mol. The molecule has 2 heterocycles. The monoisotopic (exact) mass is 274 g/mol. The van der Waals surface area contributed by atoms with E-state index in [-0.39, 0.29) is 0 Å². The smallest absolute Gasteiger partial charge is 0.0809 e. The van der Waals surface area contributed by atoms with E-state index in [0.29, 0.717) is 12.1 Å². The van der Waals surface area contributed by atoms with Crippen LogP contribution in [0.1, 0.15) is 51.1 Å². The summed E-state index contributed by atoms with van der Waals surface area (Å²) >= 11 is 1.78. The van der Waals surface area contributed by atoms with Crippen LogP contribution in [0.3, 0.4) is 0 Å². The van der Waals surface area contributed by atoms with Crippen LogP contribution in [0.25, 0.3) is 10.2 Å². The van der Waals surface area contributed by atoms with Gasteiger partial charge in [0.1, 0.15) is 0 Å². The first-order chi connectivity index (χ1) is 9.24. The van der Waals surface area contributed by atoms with Crippen molar-refractivity contribution in [1.29, 1.82) is 0 Å². The first-order valence-electron chi connectivity index (χ1n) is 7.33. The van der Waals surface area contributed by atoms with Crippen LogP contribution in [0.2, 0.25) is 0 Å². The molecule has 0 bridgehead atoms. The predicted molar refractivity (Wildman–Crippen MR) is 82.6 cm³/mol. The molecule has 0 saturated heterocycles. The molecule has 1 aliphatic carbocycles. The van der Waals surface area contributed by atoms with Gasteiger partial charge in [0.05, 0.1) is 10.2 Å². The largest absolute Gasteiger partial charge is 0.307 e. The van der Waals surface area contributed by atoms with Gasteiger partial charge in [-0.05, 0) is 48.8 Å². The van der Waals surface area contributed by atoms with Crippen molar-refractivity contribution in [2.75, 3.05) is 0 Å². The summed E-state index contributed by atoms with van der Waals surface area (Å²) in [7, 11) is 0. The highest BCUT2D eigenvalue weighted by atomic mass is 32.1. The maximum atomic E-state index is 4.54. The Kier molecular flexibility index (Phi) is 3.85. The Hall–Kier alpha value is -0.930. The van der Waals surface area contributed by atoms with Crippen molar-refractivity contribution in [3.05, 3.63) is 29.3 Å². The molecule has 1 fully saturated rings. The van der Waals surface area contributed by atoms with Crippen LogP contribution >= 0.6 is 11.3 Å².